The van der Waals surface area contributed by atoms with Gasteiger partial charge in [-0.3, -0.25) is 0 Å². The number of hydrogen-bond donors (Lipinski definition) is 2. The number of rotatable bonds is 5. The minimum Gasteiger partial charge on any atom is -0.389 e. The SMILES string of the molecule is CC(O)c1ccc(NC(=O)N(C)CCN(C)C)cc1. The lowest BCUT2D eigenvalue weighted by Crippen LogP contribution is -2.36. The maximum atomic E-state index is 11.9. The molecule has 2 amide bonds. The first kappa shape index (κ1) is 15.5. The van der Waals surface area contributed by atoms with E-state index < -0.39 is 6.10 Å². The molecule has 0 radical (unpaired) electrons. The second-order valence-corrected chi connectivity index (χ2v) is 4.95. The van der Waals surface area contributed by atoms with Crippen LogP contribution in [-0.2, 0) is 0 Å². The predicted octanol–water partition coefficient (Wildman–Crippen LogP) is 1.77. The lowest BCUT2D eigenvalue weighted by molar-refractivity contribution is 0.199. The van der Waals surface area contributed by atoms with Crippen molar-refractivity contribution in [2.75, 3.05) is 39.5 Å². The van der Waals surface area contributed by atoms with Gasteiger partial charge in [-0.15, -0.1) is 0 Å². The molecule has 0 spiro atoms. The Morgan fingerprint density at radius 3 is 2.26 bits per heavy atom. The normalized spacial score (nSPS) is 12.3. The van der Waals surface area contributed by atoms with Gasteiger partial charge in [0, 0.05) is 25.8 Å². The van der Waals surface area contributed by atoms with Crippen LogP contribution in [0.3, 0.4) is 0 Å². The van der Waals surface area contributed by atoms with Crippen molar-refractivity contribution in [3.05, 3.63) is 29.8 Å². The molecular weight excluding hydrogens is 242 g/mol. The number of carbonyl (C=O) groups is 1. The number of urea groups is 1. The van der Waals surface area contributed by atoms with Crippen molar-refractivity contribution in [1.29, 1.82) is 0 Å². The van der Waals surface area contributed by atoms with E-state index in [-0.39, 0.29) is 6.03 Å². The number of nitrogens with one attached hydrogen (secondary N) is 1. The predicted molar refractivity (Wildman–Crippen MR) is 77.3 cm³/mol. The molecule has 1 atom stereocenters. The van der Waals surface area contributed by atoms with Crippen LogP contribution in [-0.4, -0.2) is 55.2 Å². The minimum absolute atomic E-state index is 0.133. The number of benzene rings is 1. The Labute approximate surface area is 114 Å². The molecule has 1 aromatic rings. The van der Waals surface area contributed by atoms with Crippen molar-refractivity contribution < 1.29 is 9.90 Å². The third-order valence-corrected chi connectivity index (χ3v) is 2.87. The van der Waals surface area contributed by atoms with Crippen LogP contribution in [0.4, 0.5) is 10.5 Å². The Morgan fingerprint density at radius 1 is 1.21 bits per heavy atom. The van der Waals surface area contributed by atoms with Gasteiger partial charge in [-0.05, 0) is 38.7 Å². The molecule has 5 nitrogen and oxygen atoms in total. The molecule has 0 bridgehead atoms. The van der Waals surface area contributed by atoms with E-state index in [1.54, 1.807) is 43.1 Å². The Hall–Kier alpha value is -1.59. The maximum absolute atomic E-state index is 11.9. The van der Waals surface area contributed by atoms with Crippen molar-refractivity contribution in [2.24, 2.45) is 0 Å². The number of hydrogen-bond acceptors (Lipinski definition) is 3. The molecule has 0 saturated carbocycles. The summed E-state index contributed by atoms with van der Waals surface area (Å²) in [6.45, 7) is 3.21. The third kappa shape index (κ3) is 5.28. The largest absolute Gasteiger partial charge is 0.389 e. The molecule has 19 heavy (non-hydrogen) atoms. The van der Waals surface area contributed by atoms with E-state index in [4.69, 9.17) is 0 Å². The zero-order valence-corrected chi connectivity index (χ0v) is 12.1. The average molecular weight is 265 g/mol. The first-order chi connectivity index (χ1) is 8.90. The summed E-state index contributed by atoms with van der Waals surface area (Å²) in [5.74, 6) is 0. The average Bonchev–Trinajstić information content (AvgIpc) is 2.36. The summed E-state index contributed by atoms with van der Waals surface area (Å²) in [6.07, 6.45) is -0.493. The highest BCUT2D eigenvalue weighted by atomic mass is 16.3. The number of aliphatic hydroxyl groups is 1. The molecule has 106 valence electrons. The molecule has 1 rings (SSSR count). The second-order valence-electron chi connectivity index (χ2n) is 4.95. The monoisotopic (exact) mass is 265 g/mol. The standard InChI is InChI=1S/C14H23N3O2/c1-11(18)12-5-7-13(8-6-12)15-14(19)17(4)10-9-16(2)3/h5-8,11,18H,9-10H2,1-4H3,(H,15,19). The lowest BCUT2D eigenvalue weighted by atomic mass is 10.1. The summed E-state index contributed by atoms with van der Waals surface area (Å²) in [6, 6.07) is 7.06. The van der Waals surface area contributed by atoms with Gasteiger partial charge in [0.15, 0.2) is 0 Å². The van der Waals surface area contributed by atoms with Gasteiger partial charge in [-0.25, -0.2) is 4.79 Å². The van der Waals surface area contributed by atoms with Crippen LogP contribution in [0.5, 0.6) is 0 Å². The molecular formula is C14H23N3O2. The molecule has 0 aromatic heterocycles. The van der Waals surface area contributed by atoms with E-state index >= 15 is 0 Å². The molecule has 0 aliphatic rings. The van der Waals surface area contributed by atoms with Gasteiger partial charge < -0.3 is 20.2 Å². The number of anilines is 1. The Bertz CT molecular complexity index is 402. The fraction of sp³-hybridized carbons (Fsp3) is 0.500. The summed E-state index contributed by atoms with van der Waals surface area (Å²) < 4.78 is 0. The maximum Gasteiger partial charge on any atom is 0.321 e. The van der Waals surface area contributed by atoms with Gasteiger partial charge in [-0.2, -0.15) is 0 Å². The van der Waals surface area contributed by atoms with Gasteiger partial charge in [0.05, 0.1) is 6.10 Å². The Kier molecular flexibility index (Phi) is 5.79. The summed E-state index contributed by atoms with van der Waals surface area (Å²) in [5, 5.41) is 12.2. The number of carbonyl (C=O) groups excluding carboxylic acids is 1. The first-order valence-corrected chi connectivity index (χ1v) is 6.35. The molecule has 0 aliphatic heterocycles. The molecule has 2 N–H and O–H groups in total. The van der Waals surface area contributed by atoms with Crippen molar-refractivity contribution in [2.45, 2.75) is 13.0 Å². The van der Waals surface area contributed by atoms with Crippen LogP contribution < -0.4 is 5.32 Å². The van der Waals surface area contributed by atoms with Gasteiger partial charge in [-0.1, -0.05) is 12.1 Å². The molecule has 0 fully saturated rings. The number of likely N-dealkylation sites (N-methyl/N-ethyl adjacent to an activating group) is 2. The zero-order chi connectivity index (χ0) is 14.4. The minimum atomic E-state index is -0.493. The van der Waals surface area contributed by atoms with Crippen LogP contribution in [0, 0.1) is 0 Å². The van der Waals surface area contributed by atoms with E-state index in [1.165, 1.54) is 0 Å². The number of amides is 2. The zero-order valence-electron chi connectivity index (χ0n) is 12.1. The van der Waals surface area contributed by atoms with Crippen molar-refractivity contribution >= 4 is 11.7 Å². The van der Waals surface area contributed by atoms with E-state index in [0.717, 1.165) is 17.8 Å². The topological polar surface area (TPSA) is 55.8 Å². The molecule has 1 aromatic carbocycles. The number of aliphatic hydroxyl groups excluding tert-OH is 1. The van der Waals surface area contributed by atoms with Crippen LogP contribution in [0.2, 0.25) is 0 Å². The second kappa shape index (κ2) is 7.11. The van der Waals surface area contributed by atoms with Gasteiger partial charge in [0.25, 0.3) is 0 Å². The summed E-state index contributed by atoms with van der Waals surface area (Å²) in [5.41, 5.74) is 1.56. The molecule has 0 saturated heterocycles. The van der Waals surface area contributed by atoms with Crippen molar-refractivity contribution in [1.82, 2.24) is 9.80 Å². The highest BCUT2D eigenvalue weighted by molar-refractivity contribution is 5.89. The highest BCUT2D eigenvalue weighted by Crippen LogP contribution is 2.15. The summed E-state index contributed by atoms with van der Waals surface area (Å²) in [4.78, 5) is 15.6. The van der Waals surface area contributed by atoms with Gasteiger partial charge in [0.1, 0.15) is 0 Å². The van der Waals surface area contributed by atoms with Gasteiger partial charge in [0.2, 0.25) is 0 Å². The van der Waals surface area contributed by atoms with E-state index in [0.29, 0.717) is 6.54 Å². The molecule has 0 aliphatic carbocycles. The third-order valence-electron chi connectivity index (χ3n) is 2.87. The number of nitrogens with zero attached hydrogens (tertiary/aromatic N) is 2. The van der Waals surface area contributed by atoms with Crippen LogP contribution in [0.25, 0.3) is 0 Å². The van der Waals surface area contributed by atoms with E-state index in [1.807, 2.05) is 19.0 Å². The first-order valence-electron chi connectivity index (χ1n) is 6.35. The Balaban J connectivity index is 2.51. The van der Waals surface area contributed by atoms with E-state index in [9.17, 15) is 9.90 Å². The van der Waals surface area contributed by atoms with Crippen molar-refractivity contribution in [3.63, 3.8) is 0 Å². The Morgan fingerprint density at radius 2 is 1.79 bits per heavy atom. The fourth-order valence-corrected chi connectivity index (χ4v) is 1.52. The quantitative estimate of drug-likeness (QED) is 0.853. The van der Waals surface area contributed by atoms with E-state index in [2.05, 4.69) is 5.32 Å². The molecule has 0 heterocycles. The smallest absolute Gasteiger partial charge is 0.321 e. The fourth-order valence-electron chi connectivity index (χ4n) is 1.52. The molecule has 1 unspecified atom stereocenters. The summed E-state index contributed by atoms with van der Waals surface area (Å²) >= 11 is 0. The van der Waals surface area contributed by atoms with Crippen molar-refractivity contribution in [3.8, 4) is 0 Å². The lowest BCUT2D eigenvalue weighted by Gasteiger charge is -2.20. The summed E-state index contributed by atoms with van der Waals surface area (Å²) in [7, 11) is 5.71. The molecule has 5 heteroatoms. The van der Waals surface area contributed by atoms with Crippen LogP contribution in [0.15, 0.2) is 24.3 Å². The van der Waals surface area contributed by atoms with Gasteiger partial charge >= 0.3 is 6.03 Å². The van der Waals surface area contributed by atoms with Crippen LogP contribution >= 0.6 is 0 Å². The van der Waals surface area contributed by atoms with Crippen LogP contribution in [0.1, 0.15) is 18.6 Å². The highest BCUT2D eigenvalue weighted by Gasteiger charge is 2.09.